The van der Waals surface area contributed by atoms with Crippen LogP contribution in [0.2, 0.25) is 5.02 Å². The van der Waals surface area contributed by atoms with Crippen LogP contribution >= 0.6 is 39.9 Å². The van der Waals surface area contributed by atoms with Gasteiger partial charge in [0.25, 0.3) is 0 Å². The number of carbonyl (C=O) groups excluding carboxylic acids is 1. The summed E-state index contributed by atoms with van der Waals surface area (Å²) in [5.41, 5.74) is 0.876. The number of alkyl carbamates (subject to hydrolysis) is 1. The molecule has 0 saturated carbocycles. The van der Waals surface area contributed by atoms with E-state index in [2.05, 4.69) is 21.2 Å². The van der Waals surface area contributed by atoms with Gasteiger partial charge in [0, 0.05) is 9.50 Å². The van der Waals surface area contributed by atoms with E-state index in [-0.39, 0.29) is 18.4 Å². The number of nitrogens with one attached hydrogen (secondary N) is 1. The number of halogens is 3. The lowest BCUT2D eigenvalue weighted by Gasteiger charge is -2.09. The molecule has 0 radical (unpaired) electrons. The zero-order chi connectivity index (χ0) is 10.1. The highest BCUT2D eigenvalue weighted by molar-refractivity contribution is 9.10. The second-order valence-electron chi connectivity index (χ2n) is 2.96. The van der Waals surface area contributed by atoms with Crippen molar-refractivity contribution in [3.8, 4) is 0 Å². The van der Waals surface area contributed by atoms with Crippen molar-refractivity contribution in [3.63, 3.8) is 0 Å². The minimum Gasteiger partial charge on any atom is -0.447 e. The molecular formula is C9H8BrCl2NO2. The van der Waals surface area contributed by atoms with Crippen LogP contribution in [0.3, 0.4) is 0 Å². The van der Waals surface area contributed by atoms with E-state index in [9.17, 15) is 4.79 Å². The first-order chi connectivity index (χ1) is 6.66. The van der Waals surface area contributed by atoms with Gasteiger partial charge >= 0.3 is 6.09 Å². The van der Waals surface area contributed by atoms with Crippen molar-refractivity contribution in [1.29, 1.82) is 0 Å². The molecular weight excluding hydrogens is 305 g/mol. The predicted molar refractivity (Wildman–Crippen MR) is 63.6 cm³/mol. The van der Waals surface area contributed by atoms with Crippen LogP contribution in [0.25, 0.3) is 0 Å². The SMILES string of the molecule is Cl.O=C1N[C@H](c2ccc(Br)cc2Cl)CO1. The minimum absolute atomic E-state index is 0. The summed E-state index contributed by atoms with van der Waals surface area (Å²) in [4.78, 5) is 10.8. The number of benzene rings is 1. The monoisotopic (exact) mass is 311 g/mol. The quantitative estimate of drug-likeness (QED) is 0.864. The summed E-state index contributed by atoms with van der Waals surface area (Å²) in [6.07, 6.45) is -0.394. The molecule has 1 fully saturated rings. The number of carbonyl (C=O) groups is 1. The summed E-state index contributed by atoms with van der Waals surface area (Å²) in [6.45, 7) is 0.334. The molecule has 0 aromatic heterocycles. The molecule has 1 atom stereocenters. The molecule has 0 aliphatic carbocycles. The van der Waals surface area contributed by atoms with Crippen molar-refractivity contribution in [2.75, 3.05) is 6.61 Å². The van der Waals surface area contributed by atoms with Crippen LogP contribution in [-0.2, 0) is 4.74 Å². The molecule has 1 N–H and O–H groups in total. The van der Waals surface area contributed by atoms with Crippen LogP contribution in [0, 0.1) is 0 Å². The molecule has 1 amide bonds. The zero-order valence-corrected chi connectivity index (χ0v) is 10.7. The average Bonchev–Trinajstić information content (AvgIpc) is 2.51. The van der Waals surface area contributed by atoms with E-state index >= 15 is 0 Å². The van der Waals surface area contributed by atoms with E-state index in [0.29, 0.717) is 11.6 Å². The summed E-state index contributed by atoms with van der Waals surface area (Å²) in [5, 5.41) is 3.29. The smallest absolute Gasteiger partial charge is 0.407 e. The fraction of sp³-hybridized carbons (Fsp3) is 0.222. The summed E-state index contributed by atoms with van der Waals surface area (Å²) in [7, 11) is 0. The fourth-order valence-corrected chi connectivity index (χ4v) is 2.14. The summed E-state index contributed by atoms with van der Waals surface area (Å²) in [5.74, 6) is 0. The van der Waals surface area contributed by atoms with Crippen LogP contribution in [0.4, 0.5) is 4.79 Å². The molecule has 1 aliphatic heterocycles. The number of hydrogen-bond donors (Lipinski definition) is 1. The van der Waals surface area contributed by atoms with E-state index in [4.69, 9.17) is 16.3 Å². The number of amides is 1. The van der Waals surface area contributed by atoms with Gasteiger partial charge in [-0.05, 0) is 17.7 Å². The Morgan fingerprint density at radius 3 is 2.80 bits per heavy atom. The van der Waals surface area contributed by atoms with Gasteiger partial charge in [-0.3, -0.25) is 0 Å². The first kappa shape index (κ1) is 12.6. The van der Waals surface area contributed by atoms with Crippen LogP contribution in [0.5, 0.6) is 0 Å². The normalized spacial score (nSPS) is 19.1. The highest BCUT2D eigenvalue weighted by atomic mass is 79.9. The Kier molecular flexibility index (Phi) is 4.25. The highest BCUT2D eigenvalue weighted by Crippen LogP contribution is 2.28. The molecule has 1 aromatic rings. The van der Waals surface area contributed by atoms with E-state index in [1.165, 1.54) is 0 Å². The molecule has 2 rings (SSSR count). The Bertz CT molecular complexity index is 386. The van der Waals surface area contributed by atoms with Crippen molar-refractivity contribution in [3.05, 3.63) is 33.3 Å². The number of cyclic esters (lactones) is 1. The van der Waals surface area contributed by atoms with Gasteiger partial charge in [0.2, 0.25) is 0 Å². The maximum absolute atomic E-state index is 10.8. The maximum atomic E-state index is 10.8. The molecule has 1 saturated heterocycles. The molecule has 0 unspecified atom stereocenters. The van der Waals surface area contributed by atoms with Gasteiger partial charge < -0.3 is 10.1 Å². The van der Waals surface area contributed by atoms with Gasteiger partial charge in [0.05, 0.1) is 6.04 Å². The Morgan fingerprint density at radius 2 is 2.27 bits per heavy atom. The van der Waals surface area contributed by atoms with Crippen LogP contribution < -0.4 is 5.32 Å². The Hall–Kier alpha value is -0.450. The Morgan fingerprint density at radius 1 is 1.53 bits per heavy atom. The van der Waals surface area contributed by atoms with E-state index in [1.807, 2.05) is 12.1 Å². The van der Waals surface area contributed by atoms with Crippen LogP contribution in [0.15, 0.2) is 22.7 Å². The van der Waals surface area contributed by atoms with Gasteiger partial charge in [0.1, 0.15) is 6.61 Å². The van der Waals surface area contributed by atoms with E-state index in [1.54, 1.807) is 6.07 Å². The number of hydrogen-bond acceptors (Lipinski definition) is 2. The molecule has 15 heavy (non-hydrogen) atoms. The second kappa shape index (κ2) is 5.05. The first-order valence-electron chi connectivity index (χ1n) is 4.05. The molecule has 0 spiro atoms. The van der Waals surface area contributed by atoms with Crippen molar-refractivity contribution < 1.29 is 9.53 Å². The molecule has 0 bridgehead atoms. The van der Waals surface area contributed by atoms with Crippen LogP contribution in [0.1, 0.15) is 11.6 Å². The molecule has 82 valence electrons. The topological polar surface area (TPSA) is 38.3 Å². The van der Waals surface area contributed by atoms with E-state index in [0.717, 1.165) is 10.0 Å². The largest absolute Gasteiger partial charge is 0.447 e. The van der Waals surface area contributed by atoms with Gasteiger partial charge in [-0.2, -0.15) is 0 Å². The van der Waals surface area contributed by atoms with Gasteiger partial charge in [0.15, 0.2) is 0 Å². The molecule has 6 heteroatoms. The Balaban J connectivity index is 0.00000112. The average molecular weight is 313 g/mol. The second-order valence-corrected chi connectivity index (χ2v) is 4.28. The van der Waals surface area contributed by atoms with Gasteiger partial charge in [-0.15, -0.1) is 12.4 Å². The maximum Gasteiger partial charge on any atom is 0.407 e. The third kappa shape index (κ3) is 2.77. The molecule has 1 aromatic carbocycles. The standard InChI is InChI=1S/C9H7BrClNO2.ClH/c10-5-1-2-6(7(11)3-5)8-4-14-9(13)12-8;/h1-3,8H,4H2,(H,12,13);1H/t8-;/m0./s1. The molecule has 3 nitrogen and oxygen atoms in total. The van der Waals surface area contributed by atoms with Crippen LogP contribution in [-0.4, -0.2) is 12.7 Å². The highest BCUT2D eigenvalue weighted by Gasteiger charge is 2.25. The lowest BCUT2D eigenvalue weighted by Crippen LogP contribution is -2.18. The number of rotatable bonds is 1. The summed E-state index contributed by atoms with van der Waals surface area (Å²) >= 11 is 9.33. The van der Waals surface area contributed by atoms with Crippen molar-refractivity contribution in [2.45, 2.75) is 6.04 Å². The van der Waals surface area contributed by atoms with Crippen molar-refractivity contribution in [2.24, 2.45) is 0 Å². The van der Waals surface area contributed by atoms with Gasteiger partial charge in [-0.25, -0.2) is 4.79 Å². The summed E-state index contributed by atoms with van der Waals surface area (Å²) in [6, 6.07) is 5.40. The van der Waals surface area contributed by atoms with Gasteiger partial charge in [-0.1, -0.05) is 33.6 Å². The first-order valence-corrected chi connectivity index (χ1v) is 5.22. The number of ether oxygens (including phenoxy) is 1. The minimum atomic E-state index is -0.394. The predicted octanol–water partition coefficient (Wildman–Crippen LogP) is 3.31. The molecule has 1 aliphatic rings. The Labute approximate surface area is 107 Å². The van der Waals surface area contributed by atoms with Crippen molar-refractivity contribution >= 4 is 46.0 Å². The molecule has 1 heterocycles. The third-order valence-corrected chi connectivity index (χ3v) is 2.83. The fourth-order valence-electron chi connectivity index (χ4n) is 1.34. The zero-order valence-electron chi connectivity index (χ0n) is 7.50. The van der Waals surface area contributed by atoms with E-state index < -0.39 is 6.09 Å². The lowest BCUT2D eigenvalue weighted by atomic mass is 10.1. The lowest BCUT2D eigenvalue weighted by molar-refractivity contribution is 0.177. The third-order valence-electron chi connectivity index (χ3n) is 2.01. The summed E-state index contributed by atoms with van der Waals surface area (Å²) < 4.78 is 5.70. The van der Waals surface area contributed by atoms with Crippen molar-refractivity contribution in [1.82, 2.24) is 5.32 Å².